The summed E-state index contributed by atoms with van der Waals surface area (Å²) in [5.74, 6) is 1.03. The zero-order valence-corrected chi connectivity index (χ0v) is 14.6. The Morgan fingerprint density at radius 3 is 2.52 bits per heavy atom. The number of benzene rings is 1. The lowest BCUT2D eigenvalue weighted by molar-refractivity contribution is -0.107. The summed E-state index contributed by atoms with van der Waals surface area (Å²) >= 11 is 0. The van der Waals surface area contributed by atoms with E-state index < -0.39 is 0 Å². The number of aryl methyl sites for hydroxylation is 2. The van der Waals surface area contributed by atoms with Gasteiger partial charge in [0.05, 0.1) is 17.6 Å². The number of carbonyl (C=O) groups is 1. The molecule has 1 aromatic carbocycles. The first-order chi connectivity index (χ1) is 12.3. The number of imidazole rings is 1. The molecule has 0 saturated carbocycles. The minimum Gasteiger partial charge on any atom is -0.342 e. The largest absolute Gasteiger partial charge is 0.342 e. The third-order valence-electron chi connectivity index (χ3n) is 4.32. The van der Waals surface area contributed by atoms with Gasteiger partial charge in [-0.1, -0.05) is 37.1 Å². The lowest BCUT2D eigenvalue weighted by Gasteiger charge is -2.01. The zero-order valence-electron chi connectivity index (χ0n) is 14.6. The van der Waals surface area contributed by atoms with E-state index in [2.05, 4.69) is 39.3 Å². The van der Waals surface area contributed by atoms with Crippen molar-refractivity contribution in [3.05, 3.63) is 48.5 Å². The number of nitrogens with one attached hydrogen (secondary N) is 1. The molecule has 0 fully saturated rings. The maximum atomic E-state index is 10.3. The number of aromatic nitrogens is 4. The predicted molar refractivity (Wildman–Crippen MR) is 99.1 cm³/mol. The van der Waals surface area contributed by atoms with Crippen LogP contribution in [0.5, 0.6) is 0 Å². The van der Waals surface area contributed by atoms with Crippen LogP contribution in [0.2, 0.25) is 0 Å². The third-order valence-corrected chi connectivity index (χ3v) is 4.32. The van der Waals surface area contributed by atoms with E-state index in [9.17, 15) is 4.79 Å². The van der Waals surface area contributed by atoms with Gasteiger partial charge in [0, 0.05) is 31.6 Å². The molecule has 5 nitrogen and oxygen atoms in total. The first kappa shape index (κ1) is 17.1. The SMILES string of the molecule is Cn1ccc(-c2ccc(-c3cnc(CCCCCCC=O)[nH]3)cc2)n1. The maximum Gasteiger partial charge on any atom is 0.119 e. The van der Waals surface area contributed by atoms with Crippen LogP contribution in [0.4, 0.5) is 0 Å². The average Bonchev–Trinajstić information content (AvgIpc) is 3.27. The van der Waals surface area contributed by atoms with E-state index in [1.54, 1.807) is 0 Å². The summed E-state index contributed by atoms with van der Waals surface area (Å²) in [5, 5.41) is 4.43. The van der Waals surface area contributed by atoms with Gasteiger partial charge in [0.1, 0.15) is 12.1 Å². The van der Waals surface area contributed by atoms with Gasteiger partial charge in [0.2, 0.25) is 0 Å². The highest BCUT2D eigenvalue weighted by Crippen LogP contribution is 2.23. The van der Waals surface area contributed by atoms with Crippen molar-refractivity contribution in [1.82, 2.24) is 19.7 Å². The number of unbranched alkanes of at least 4 members (excludes halogenated alkanes) is 4. The molecule has 1 N–H and O–H groups in total. The second-order valence-electron chi connectivity index (χ2n) is 6.32. The number of H-pyrrole nitrogens is 1. The van der Waals surface area contributed by atoms with Gasteiger partial charge in [-0.25, -0.2) is 4.98 Å². The molecule has 3 aromatic rings. The molecule has 0 unspecified atom stereocenters. The molecule has 0 radical (unpaired) electrons. The normalized spacial score (nSPS) is 10.9. The highest BCUT2D eigenvalue weighted by Gasteiger charge is 2.05. The van der Waals surface area contributed by atoms with E-state index in [1.165, 1.54) is 0 Å². The summed E-state index contributed by atoms with van der Waals surface area (Å²) < 4.78 is 1.81. The molecule has 0 aliphatic carbocycles. The molecule has 5 heteroatoms. The van der Waals surface area contributed by atoms with Gasteiger partial charge in [0.15, 0.2) is 0 Å². The lowest BCUT2D eigenvalue weighted by Crippen LogP contribution is -1.89. The van der Waals surface area contributed by atoms with Gasteiger partial charge in [-0.2, -0.15) is 5.10 Å². The molecule has 0 saturated heterocycles. The van der Waals surface area contributed by atoms with Crippen molar-refractivity contribution in [3.63, 3.8) is 0 Å². The molecule has 2 heterocycles. The van der Waals surface area contributed by atoms with Crippen LogP contribution in [0.15, 0.2) is 42.7 Å². The minimum atomic E-state index is 0.680. The van der Waals surface area contributed by atoms with Gasteiger partial charge in [-0.15, -0.1) is 0 Å². The number of hydrogen-bond donors (Lipinski definition) is 1. The molecular formula is C20H24N4O. The first-order valence-electron chi connectivity index (χ1n) is 8.84. The highest BCUT2D eigenvalue weighted by atomic mass is 16.1. The quantitative estimate of drug-likeness (QED) is 0.471. The first-order valence-corrected chi connectivity index (χ1v) is 8.84. The summed E-state index contributed by atoms with van der Waals surface area (Å²) in [4.78, 5) is 18.2. The molecule has 0 spiro atoms. The van der Waals surface area contributed by atoms with E-state index in [1.807, 2.05) is 30.2 Å². The molecule has 25 heavy (non-hydrogen) atoms. The summed E-state index contributed by atoms with van der Waals surface area (Å²) in [6.45, 7) is 0. The Kier molecular flexibility index (Phi) is 5.77. The van der Waals surface area contributed by atoms with Crippen LogP contribution in [0.3, 0.4) is 0 Å². The van der Waals surface area contributed by atoms with Crippen molar-refractivity contribution in [2.75, 3.05) is 0 Å². The van der Waals surface area contributed by atoms with E-state index in [4.69, 9.17) is 0 Å². The van der Waals surface area contributed by atoms with Crippen LogP contribution in [-0.4, -0.2) is 26.0 Å². The van der Waals surface area contributed by atoms with Crippen molar-refractivity contribution in [2.45, 2.75) is 38.5 Å². The molecule has 0 amide bonds. The van der Waals surface area contributed by atoms with Crippen LogP contribution in [-0.2, 0) is 18.3 Å². The summed E-state index contributed by atoms with van der Waals surface area (Å²) in [6, 6.07) is 10.4. The van der Waals surface area contributed by atoms with E-state index in [0.29, 0.717) is 6.42 Å². The van der Waals surface area contributed by atoms with Gasteiger partial charge < -0.3 is 9.78 Å². The Hall–Kier alpha value is -2.69. The average molecular weight is 336 g/mol. The van der Waals surface area contributed by atoms with Crippen molar-refractivity contribution < 1.29 is 4.79 Å². The van der Waals surface area contributed by atoms with Crippen molar-refractivity contribution in [1.29, 1.82) is 0 Å². The fraction of sp³-hybridized carbons (Fsp3) is 0.350. The van der Waals surface area contributed by atoms with E-state index in [0.717, 1.165) is 66.7 Å². The van der Waals surface area contributed by atoms with Gasteiger partial charge in [-0.3, -0.25) is 4.68 Å². The Balaban J connectivity index is 1.55. The molecule has 0 atom stereocenters. The van der Waals surface area contributed by atoms with Crippen molar-refractivity contribution >= 4 is 6.29 Å². The van der Waals surface area contributed by atoms with Crippen LogP contribution < -0.4 is 0 Å². The van der Waals surface area contributed by atoms with Crippen LogP contribution in [0.1, 0.15) is 37.9 Å². The Morgan fingerprint density at radius 2 is 1.80 bits per heavy atom. The van der Waals surface area contributed by atoms with Crippen LogP contribution in [0.25, 0.3) is 22.5 Å². The fourth-order valence-electron chi connectivity index (χ4n) is 2.90. The predicted octanol–water partition coefficient (Wildman–Crippen LogP) is 4.17. The number of aromatic amines is 1. The number of aldehydes is 1. The minimum absolute atomic E-state index is 0.680. The standard InChI is InChI=1S/C20H24N4O/c1-24-13-12-18(23-24)16-8-10-17(11-9-16)19-15-21-20(22-19)7-5-3-2-4-6-14-25/h8-15H,2-7H2,1H3,(H,21,22). The molecular weight excluding hydrogens is 312 g/mol. The topological polar surface area (TPSA) is 63.6 Å². The summed E-state index contributed by atoms with van der Waals surface area (Å²) in [6.07, 6.45) is 10.8. The molecule has 0 bridgehead atoms. The second kappa shape index (κ2) is 8.42. The molecule has 2 aromatic heterocycles. The van der Waals surface area contributed by atoms with Crippen molar-refractivity contribution in [2.24, 2.45) is 7.05 Å². The van der Waals surface area contributed by atoms with Gasteiger partial charge >= 0.3 is 0 Å². The monoisotopic (exact) mass is 336 g/mol. The molecule has 0 aliphatic heterocycles. The van der Waals surface area contributed by atoms with Gasteiger partial charge in [-0.05, 0) is 24.5 Å². The van der Waals surface area contributed by atoms with Crippen LogP contribution in [0, 0.1) is 0 Å². The number of nitrogens with zero attached hydrogens (tertiary/aromatic N) is 3. The van der Waals surface area contributed by atoms with Crippen LogP contribution >= 0.6 is 0 Å². The zero-order chi connectivity index (χ0) is 17.5. The fourth-order valence-corrected chi connectivity index (χ4v) is 2.90. The van der Waals surface area contributed by atoms with E-state index in [-0.39, 0.29) is 0 Å². The van der Waals surface area contributed by atoms with Crippen molar-refractivity contribution in [3.8, 4) is 22.5 Å². The Morgan fingerprint density at radius 1 is 1.04 bits per heavy atom. The maximum absolute atomic E-state index is 10.3. The number of hydrogen-bond acceptors (Lipinski definition) is 3. The lowest BCUT2D eigenvalue weighted by atomic mass is 10.1. The summed E-state index contributed by atoms with van der Waals surface area (Å²) in [5.41, 5.74) is 4.27. The molecule has 0 aliphatic rings. The second-order valence-corrected chi connectivity index (χ2v) is 6.32. The molecule has 130 valence electrons. The Labute approximate surface area is 148 Å². The highest BCUT2D eigenvalue weighted by molar-refractivity contribution is 5.66. The Bertz CT molecular complexity index is 801. The third kappa shape index (κ3) is 4.66. The number of carbonyl (C=O) groups excluding carboxylic acids is 1. The van der Waals surface area contributed by atoms with Gasteiger partial charge in [0.25, 0.3) is 0 Å². The number of rotatable bonds is 9. The smallest absolute Gasteiger partial charge is 0.119 e. The molecule has 3 rings (SSSR count). The van der Waals surface area contributed by atoms with E-state index >= 15 is 0 Å². The summed E-state index contributed by atoms with van der Waals surface area (Å²) in [7, 11) is 1.92.